The van der Waals surface area contributed by atoms with Crippen molar-refractivity contribution in [2.24, 2.45) is 0 Å². The molecule has 2 rings (SSSR count). The van der Waals surface area contributed by atoms with Gasteiger partial charge in [0, 0.05) is 28.9 Å². The van der Waals surface area contributed by atoms with E-state index in [2.05, 4.69) is 10.3 Å². The molecule has 3 nitrogen and oxygen atoms in total. The van der Waals surface area contributed by atoms with Gasteiger partial charge in [-0.15, -0.1) is 0 Å². The van der Waals surface area contributed by atoms with Crippen molar-refractivity contribution in [1.82, 2.24) is 10.3 Å². The largest absolute Gasteiger partial charge is 0.489 e. The molecule has 0 amide bonds. The van der Waals surface area contributed by atoms with Gasteiger partial charge in [0.2, 0.25) is 0 Å². The molecule has 0 aliphatic carbocycles. The van der Waals surface area contributed by atoms with Crippen LogP contribution in [-0.4, -0.2) is 11.5 Å². The lowest BCUT2D eigenvalue weighted by atomic mass is 10.2. The van der Waals surface area contributed by atoms with Gasteiger partial charge in [-0.3, -0.25) is 4.98 Å². The molecule has 0 atom stereocenters. The van der Waals surface area contributed by atoms with E-state index in [4.69, 9.17) is 16.3 Å². The Hall–Kier alpha value is -1.65. The third-order valence-corrected chi connectivity index (χ3v) is 2.98. The average molecular weight is 295 g/mol. The predicted octanol–water partition coefficient (Wildman–Crippen LogP) is 3.56. The van der Waals surface area contributed by atoms with Gasteiger partial charge in [-0.2, -0.15) is 0 Å². The van der Waals surface area contributed by atoms with Crippen LogP contribution in [0.15, 0.2) is 36.7 Å². The summed E-state index contributed by atoms with van der Waals surface area (Å²) in [5.74, 6) is 0.370. The number of aromatic nitrogens is 1. The van der Waals surface area contributed by atoms with Crippen molar-refractivity contribution in [2.75, 3.05) is 6.54 Å². The van der Waals surface area contributed by atoms with E-state index in [-0.39, 0.29) is 12.4 Å². The van der Waals surface area contributed by atoms with Gasteiger partial charge in [-0.05, 0) is 30.8 Å². The fourth-order valence-corrected chi connectivity index (χ4v) is 1.98. The molecule has 0 unspecified atom stereocenters. The maximum absolute atomic E-state index is 13.0. The van der Waals surface area contributed by atoms with Crippen molar-refractivity contribution in [2.45, 2.75) is 20.1 Å². The molecule has 0 aliphatic heterocycles. The van der Waals surface area contributed by atoms with Gasteiger partial charge >= 0.3 is 0 Å². The Balaban J connectivity index is 2.08. The molecular weight excluding hydrogens is 279 g/mol. The van der Waals surface area contributed by atoms with Gasteiger partial charge in [0.15, 0.2) is 0 Å². The van der Waals surface area contributed by atoms with Gasteiger partial charge in [0.05, 0.1) is 6.20 Å². The monoisotopic (exact) mass is 294 g/mol. The molecule has 1 N–H and O–H groups in total. The lowest BCUT2D eigenvalue weighted by Crippen LogP contribution is -2.13. The molecule has 5 heteroatoms. The fourth-order valence-electron chi connectivity index (χ4n) is 1.78. The first kappa shape index (κ1) is 14.8. The van der Waals surface area contributed by atoms with Crippen LogP contribution in [0.5, 0.6) is 5.75 Å². The number of rotatable bonds is 6. The Morgan fingerprint density at radius 3 is 2.90 bits per heavy atom. The second-order valence-electron chi connectivity index (χ2n) is 4.33. The number of hydrogen-bond donors (Lipinski definition) is 1. The zero-order valence-corrected chi connectivity index (χ0v) is 12.0. The van der Waals surface area contributed by atoms with Crippen LogP contribution in [-0.2, 0) is 13.2 Å². The van der Waals surface area contributed by atoms with Crippen LogP contribution in [0.25, 0.3) is 0 Å². The summed E-state index contributed by atoms with van der Waals surface area (Å²) < 4.78 is 18.8. The number of ether oxygens (including phenoxy) is 1. The summed E-state index contributed by atoms with van der Waals surface area (Å²) in [4.78, 5) is 3.79. The van der Waals surface area contributed by atoms with Gasteiger partial charge in [-0.25, -0.2) is 4.39 Å². The van der Waals surface area contributed by atoms with Crippen LogP contribution in [0.4, 0.5) is 4.39 Å². The second-order valence-corrected chi connectivity index (χ2v) is 4.77. The third-order valence-electron chi connectivity index (χ3n) is 2.74. The number of nitrogens with one attached hydrogen (secondary N) is 1. The van der Waals surface area contributed by atoms with E-state index < -0.39 is 0 Å². The van der Waals surface area contributed by atoms with Crippen molar-refractivity contribution >= 4 is 11.6 Å². The highest BCUT2D eigenvalue weighted by Gasteiger charge is 2.05. The van der Waals surface area contributed by atoms with Crippen molar-refractivity contribution in [1.29, 1.82) is 0 Å². The maximum Gasteiger partial charge on any atom is 0.141 e. The Kier molecular flexibility index (Phi) is 5.32. The molecule has 2 aromatic rings. The Morgan fingerprint density at radius 2 is 2.15 bits per heavy atom. The highest BCUT2D eigenvalue weighted by molar-refractivity contribution is 6.30. The zero-order chi connectivity index (χ0) is 14.4. The van der Waals surface area contributed by atoms with Crippen molar-refractivity contribution < 1.29 is 9.13 Å². The van der Waals surface area contributed by atoms with Crippen molar-refractivity contribution in [3.63, 3.8) is 0 Å². The van der Waals surface area contributed by atoms with Crippen LogP contribution < -0.4 is 10.1 Å². The summed E-state index contributed by atoms with van der Waals surface area (Å²) in [5, 5.41) is 3.89. The summed E-state index contributed by atoms with van der Waals surface area (Å²) in [5.41, 5.74) is 1.66. The molecule has 0 bridgehead atoms. The van der Waals surface area contributed by atoms with E-state index in [1.54, 1.807) is 12.3 Å². The molecule has 0 spiro atoms. The molecular formula is C15H16ClFN2O. The molecule has 0 saturated heterocycles. The number of halogens is 2. The lowest BCUT2D eigenvalue weighted by Gasteiger charge is -2.12. The molecule has 0 radical (unpaired) electrons. The van der Waals surface area contributed by atoms with Crippen LogP contribution in [0.3, 0.4) is 0 Å². The standard InChI is InChI=1S/C15H16ClFN2O/c1-2-18-8-12-6-13(16)3-4-15(12)20-10-11-5-14(17)9-19-7-11/h3-7,9,18H,2,8,10H2,1H3. The zero-order valence-electron chi connectivity index (χ0n) is 11.2. The summed E-state index contributed by atoms with van der Waals surface area (Å²) in [6, 6.07) is 6.87. The van der Waals surface area contributed by atoms with E-state index in [1.165, 1.54) is 12.3 Å². The molecule has 20 heavy (non-hydrogen) atoms. The SMILES string of the molecule is CCNCc1cc(Cl)ccc1OCc1cncc(F)c1. The predicted molar refractivity (Wildman–Crippen MR) is 77.4 cm³/mol. The first-order valence-electron chi connectivity index (χ1n) is 6.40. The first-order valence-corrected chi connectivity index (χ1v) is 6.78. The summed E-state index contributed by atoms with van der Waals surface area (Å²) >= 11 is 5.99. The highest BCUT2D eigenvalue weighted by atomic mass is 35.5. The minimum atomic E-state index is -0.366. The molecule has 1 aromatic heterocycles. The molecule has 106 valence electrons. The van der Waals surface area contributed by atoms with E-state index in [9.17, 15) is 4.39 Å². The number of pyridine rings is 1. The number of benzene rings is 1. The van der Waals surface area contributed by atoms with E-state index in [1.807, 2.05) is 19.1 Å². The molecule has 0 fully saturated rings. The first-order chi connectivity index (χ1) is 9.69. The Bertz CT molecular complexity index is 578. The van der Waals surface area contributed by atoms with Crippen LogP contribution >= 0.6 is 11.6 Å². The summed E-state index contributed by atoms with van der Waals surface area (Å²) in [6.07, 6.45) is 2.76. The quantitative estimate of drug-likeness (QED) is 0.884. The molecule has 0 saturated carbocycles. The van der Waals surface area contributed by atoms with Gasteiger partial charge in [0.25, 0.3) is 0 Å². The highest BCUT2D eigenvalue weighted by Crippen LogP contribution is 2.23. The average Bonchev–Trinajstić information content (AvgIpc) is 2.44. The van der Waals surface area contributed by atoms with Crippen molar-refractivity contribution in [3.05, 3.63) is 58.6 Å². The van der Waals surface area contributed by atoms with Gasteiger partial charge < -0.3 is 10.1 Å². The van der Waals surface area contributed by atoms with Gasteiger partial charge in [0.1, 0.15) is 18.2 Å². The van der Waals surface area contributed by atoms with Crippen LogP contribution in [0.2, 0.25) is 5.02 Å². The van der Waals surface area contributed by atoms with E-state index >= 15 is 0 Å². The van der Waals surface area contributed by atoms with E-state index in [0.717, 1.165) is 17.9 Å². The third kappa shape index (κ3) is 4.18. The topological polar surface area (TPSA) is 34.1 Å². The Morgan fingerprint density at radius 1 is 1.30 bits per heavy atom. The number of nitrogens with zero attached hydrogens (tertiary/aromatic N) is 1. The minimum Gasteiger partial charge on any atom is -0.489 e. The second kappa shape index (κ2) is 7.22. The van der Waals surface area contributed by atoms with Crippen LogP contribution in [0, 0.1) is 5.82 Å². The summed E-state index contributed by atoms with van der Waals surface area (Å²) in [6.45, 7) is 3.84. The summed E-state index contributed by atoms with van der Waals surface area (Å²) in [7, 11) is 0. The molecule has 1 heterocycles. The lowest BCUT2D eigenvalue weighted by molar-refractivity contribution is 0.301. The smallest absolute Gasteiger partial charge is 0.141 e. The molecule has 1 aromatic carbocycles. The molecule has 0 aliphatic rings. The minimum absolute atomic E-state index is 0.269. The van der Waals surface area contributed by atoms with Crippen molar-refractivity contribution in [3.8, 4) is 5.75 Å². The Labute approximate surface area is 122 Å². The van der Waals surface area contributed by atoms with Crippen LogP contribution in [0.1, 0.15) is 18.1 Å². The normalized spacial score (nSPS) is 10.6. The van der Waals surface area contributed by atoms with E-state index in [0.29, 0.717) is 17.1 Å². The van der Waals surface area contributed by atoms with Gasteiger partial charge in [-0.1, -0.05) is 18.5 Å². The fraction of sp³-hybridized carbons (Fsp3) is 0.267. The maximum atomic E-state index is 13.0. The number of hydrogen-bond acceptors (Lipinski definition) is 3.